The molecule has 0 aliphatic rings. The van der Waals surface area contributed by atoms with Crippen LogP contribution in [0.2, 0.25) is 0 Å². The molecule has 0 radical (unpaired) electrons. The molecule has 266 valence electrons. The van der Waals surface area contributed by atoms with E-state index in [4.69, 9.17) is 4.74 Å². The second-order valence-electron chi connectivity index (χ2n) is 14.0. The van der Waals surface area contributed by atoms with Crippen LogP contribution in [-0.2, 0) is 9.53 Å². The van der Waals surface area contributed by atoms with E-state index < -0.39 is 0 Å². The molecule has 0 aromatic heterocycles. The zero-order valence-electron chi connectivity index (χ0n) is 31.3. The predicted octanol–water partition coefficient (Wildman–Crippen LogP) is 12.5. The zero-order valence-corrected chi connectivity index (χ0v) is 31.3. The van der Waals surface area contributed by atoms with Gasteiger partial charge in [-0.15, -0.1) is 0 Å². The number of ether oxygens (including phenoxy) is 1. The van der Waals surface area contributed by atoms with Gasteiger partial charge in [-0.3, -0.25) is 4.79 Å². The molecule has 4 heteroatoms. The van der Waals surface area contributed by atoms with E-state index in [2.05, 4.69) is 63.3 Å². The zero-order chi connectivity index (χ0) is 33.2. The normalized spacial score (nSPS) is 11.8. The molecule has 0 aromatic rings. The highest BCUT2D eigenvalue weighted by molar-refractivity contribution is 5.72. The molecule has 0 unspecified atom stereocenters. The first-order valence-electron chi connectivity index (χ1n) is 19.9. The Balaban J connectivity index is 4.46. The van der Waals surface area contributed by atoms with Crippen LogP contribution in [0, 0.1) is 11.8 Å². The highest BCUT2D eigenvalue weighted by Gasteiger charge is 2.19. The van der Waals surface area contributed by atoms with Gasteiger partial charge in [0.1, 0.15) is 0 Å². The Bertz CT molecular complexity index is 646. The lowest BCUT2D eigenvalue weighted by molar-refractivity contribution is -0.149. The molecule has 4 nitrogen and oxygen atoms in total. The van der Waals surface area contributed by atoms with Crippen LogP contribution in [0.25, 0.3) is 0 Å². The molecule has 0 aliphatic carbocycles. The maximum Gasteiger partial charge on any atom is 0.308 e. The van der Waals surface area contributed by atoms with E-state index in [1.807, 2.05) is 6.20 Å². The molecule has 0 amide bonds. The van der Waals surface area contributed by atoms with Crippen molar-refractivity contribution in [3.8, 4) is 0 Å². The third-order valence-corrected chi connectivity index (χ3v) is 9.12. The number of rotatable bonds is 35. The highest BCUT2D eigenvalue weighted by atomic mass is 16.5. The van der Waals surface area contributed by atoms with Gasteiger partial charge in [0.15, 0.2) is 0 Å². The number of esters is 1. The van der Waals surface area contributed by atoms with Gasteiger partial charge in [-0.05, 0) is 76.5 Å². The predicted molar refractivity (Wildman–Crippen MR) is 200 cm³/mol. The molecule has 45 heavy (non-hydrogen) atoms. The molecule has 0 bridgehead atoms. The lowest BCUT2D eigenvalue weighted by Gasteiger charge is -2.24. The average molecular weight is 633 g/mol. The molecule has 0 spiro atoms. The fraction of sp³-hybridized carbons (Fsp3) is 0.878. The van der Waals surface area contributed by atoms with Crippen LogP contribution in [0.5, 0.6) is 0 Å². The van der Waals surface area contributed by atoms with Crippen molar-refractivity contribution in [1.29, 1.82) is 0 Å². The van der Waals surface area contributed by atoms with Gasteiger partial charge in [0, 0.05) is 6.54 Å². The van der Waals surface area contributed by atoms with Crippen LogP contribution >= 0.6 is 0 Å². The van der Waals surface area contributed by atoms with Gasteiger partial charge < -0.3 is 14.5 Å². The maximum absolute atomic E-state index is 13.0. The molecule has 0 saturated heterocycles. The fourth-order valence-corrected chi connectivity index (χ4v) is 6.06. The Morgan fingerprint density at radius 2 is 1.04 bits per heavy atom. The minimum Gasteiger partial charge on any atom is -0.465 e. The second kappa shape index (κ2) is 34.1. The smallest absolute Gasteiger partial charge is 0.308 e. The summed E-state index contributed by atoms with van der Waals surface area (Å²) in [5.41, 5.74) is 0. The van der Waals surface area contributed by atoms with Crippen LogP contribution in [0.3, 0.4) is 0 Å². The number of carbonyl (C=O) groups excluding carboxylic acids is 1. The van der Waals surface area contributed by atoms with E-state index in [1.54, 1.807) is 0 Å². The molecule has 0 rings (SSSR count). The minimum atomic E-state index is 0.0863. The molecule has 0 aromatic carbocycles. The van der Waals surface area contributed by atoms with Crippen molar-refractivity contribution in [2.75, 3.05) is 32.8 Å². The van der Waals surface area contributed by atoms with E-state index in [1.165, 1.54) is 135 Å². The second-order valence-corrected chi connectivity index (χ2v) is 14.0. The summed E-state index contributed by atoms with van der Waals surface area (Å²) in [7, 11) is 0. The monoisotopic (exact) mass is 633 g/mol. The molecule has 0 aliphatic heterocycles. The molecule has 0 atom stereocenters. The summed E-state index contributed by atoms with van der Waals surface area (Å²) in [4.78, 5) is 17.9. The topological polar surface area (TPSA) is 32.8 Å². The molecule has 0 saturated carbocycles. The molecular formula is C41H80N2O2. The molecular weight excluding hydrogens is 552 g/mol. The van der Waals surface area contributed by atoms with Gasteiger partial charge in [0.2, 0.25) is 0 Å². The van der Waals surface area contributed by atoms with Crippen molar-refractivity contribution in [1.82, 2.24) is 9.80 Å². The van der Waals surface area contributed by atoms with Gasteiger partial charge in [-0.2, -0.15) is 0 Å². The van der Waals surface area contributed by atoms with Crippen LogP contribution in [0.4, 0.5) is 0 Å². The summed E-state index contributed by atoms with van der Waals surface area (Å²) < 4.78 is 5.86. The van der Waals surface area contributed by atoms with Gasteiger partial charge in [-0.1, -0.05) is 163 Å². The lowest BCUT2D eigenvalue weighted by Crippen LogP contribution is -2.29. The first-order chi connectivity index (χ1) is 22.0. The Labute approximate surface area is 283 Å². The van der Waals surface area contributed by atoms with Gasteiger partial charge in [-0.25, -0.2) is 0 Å². The van der Waals surface area contributed by atoms with E-state index in [0.717, 1.165) is 45.2 Å². The van der Waals surface area contributed by atoms with Gasteiger partial charge in [0.05, 0.1) is 12.5 Å². The molecule has 0 heterocycles. The summed E-state index contributed by atoms with van der Waals surface area (Å²) in [5, 5.41) is 0. The highest BCUT2D eigenvalue weighted by Crippen LogP contribution is 2.21. The van der Waals surface area contributed by atoms with Crippen molar-refractivity contribution in [3.05, 3.63) is 25.1 Å². The van der Waals surface area contributed by atoms with Crippen molar-refractivity contribution < 1.29 is 9.53 Å². The summed E-state index contributed by atoms with van der Waals surface area (Å²) in [6.07, 6.45) is 36.3. The summed E-state index contributed by atoms with van der Waals surface area (Å²) in [6.45, 7) is 20.4. The number of hydrogen-bond donors (Lipinski definition) is 0. The lowest BCUT2D eigenvalue weighted by atomic mass is 9.94. The number of carbonyl (C=O) groups is 1. The van der Waals surface area contributed by atoms with E-state index in [9.17, 15) is 4.79 Å². The van der Waals surface area contributed by atoms with E-state index in [-0.39, 0.29) is 11.9 Å². The Hall–Kier alpha value is -1.29. The maximum atomic E-state index is 13.0. The van der Waals surface area contributed by atoms with E-state index >= 15 is 0 Å². The van der Waals surface area contributed by atoms with Crippen molar-refractivity contribution in [2.24, 2.45) is 11.8 Å². The largest absolute Gasteiger partial charge is 0.465 e. The van der Waals surface area contributed by atoms with Crippen LogP contribution in [-0.4, -0.2) is 48.6 Å². The quantitative estimate of drug-likeness (QED) is 0.0514. The average Bonchev–Trinajstić information content (AvgIpc) is 3.03. The van der Waals surface area contributed by atoms with Crippen molar-refractivity contribution in [2.45, 2.75) is 189 Å². The van der Waals surface area contributed by atoms with Crippen LogP contribution in [0.1, 0.15) is 189 Å². The minimum absolute atomic E-state index is 0.0863. The van der Waals surface area contributed by atoms with E-state index in [0.29, 0.717) is 12.5 Å². The fourth-order valence-electron chi connectivity index (χ4n) is 6.06. The number of hydrogen-bond acceptors (Lipinski definition) is 4. The summed E-state index contributed by atoms with van der Waals surface area (Å²) in [5.74, 6) is 0.765. The standard InChI is InChI=1S/C41H80N2O2/c1-7-11-14-17-19-24-30-40(31-25-20-18-15-12-8-2)41(44)45-38-28-23-22-27-34-43(33-26-21-16-13-9-3)36-29-35-42(10-4)37-32-39(5)6/h10,32,37,39-40H,4,7-9,11-31,33-36,38H2,1-3,5-6H3/b37-32-. The van der Waals surface area contributed by atoms with Crippen molar-refractivity contribution in [3.63, 3.8) is 0 Å². The number of nitrogens with zero attached hydrogens (tertiary/aromatic N) is 2. The molecule has 0 fully saturated rings. The SMILES string of the molecule is C=CN(/C=C\C(C)C)CCCN(CCCCCCC)CCCCCCOC(=O)C(CCCCCCCC)CCCCCCCC. The summed E-state index contributed by atoms with van der Waals surface area (Å²) >= 11 is 0. The van der Waals surface area contributed by atoms with Crippen LogP contribution in [0.15, 0.2) is 25.1 Å². The first-order valence-corrected chi connectivity index (χ1v) is 19.9. The number of allylic oxidation sites excluding steroid dienone is 1. The Morgan fingerprint density at radius 1 is 0.600 bits per heavy atom. The Morgan fingerprint density at radius 3 is 1.53 bits per heavy atom. The third-order valence-electron chi connectivity index (χ3n) is 9.12. The Kier molecular flexibility index (Phi) is 33.1. The third kappa shape index (κ3) is 29.8. The van der Waals surface area contributed by atoms with Crippen LogP contribution < -0.4 is 0 Å². The summed E-state index contributed by atoms with van der Waals surface area (Å²) in [6, 6.07) is 0. The molecule has 0 N–H and O–H groups in total. The van der Waals surface area contributed by atoms with Gasteiger partial charge >= 0.3 is 5.97 Å². The first kappa shape index (κ1) is 43.7. The van der Waals surface area contributed by atoms with Gasteiger partial charge in [0.25, 0.3) is 0 Å². The van der Waals surface area contributed by atoms with Crippen molar-refractivity contribution >= 4 is 5.97 Å². The number of unbranched alkanes of at least 4 members (excludes halogenated alkanes) is 17.